The third-order valence-electron chi connectivity index (χ3n) is 2.75. The summed E-state index contributed by atoms with van der Waals surface area (Å²) in [4.78, 5) is 22.3. The van der Waals surface area contributed by atoms with E-state index in [0.717, 1.165) is 44.3 Å². The number of unbranched alkanes of at least 4 members (excludes halogenated alkanes) is 5. The summed E-state index contributed by atoms with van der Waals surface area (Å²) in [6.07, 6.45) is 6.64. The van der Waals surface area contributed by atoms with Crippen LogP contribution in [0, 0.1) is 0 Å². The molecule has 0 radical (unpaired) electrons. The average Bonchev–Trinajstić information content (AvgIpc) is 2.45. The topological polar surface area (TPSA) is 93.1 Å². The first-order chi connectivity index (χ1) is 9.97. The second-order valence-corrected chi connectivity index (χ2v) is 4.56. The minimum Gasteiger partial charge on any atom is -0.396 e. The van der Waals surface area contributed by atoms with Gasteiger partial charge in [-0.25, -0.2) is 9.59 Å². The van der Waals surface area contributed by atoms with E-state index >= 15 is 0 Å². The van der Waals surface area contributed by atoms with Crippen molar-refractivity contribution in [2.75, 3.05) is 6.61 Å². The van der Waals surface area contributed by atoms with E-state index in [2.05, 4.69) is 22.6 Å². The van der Waals surface area contributed by atoms with Crippen LogP contribution in [0.15, 0.2) is 25.3 Å². The van der Waals surface area contributed by atoms with E-state index in [1.165, 1.54) is 0 Å². The molecule has 0 heterocycles. The number of hydrogen-bond donors (Lipinski definition) is 2. The van der Waals surface area contributed by atoms with Gasteiger partial charge < -0.3 is 19.7 Å². The highest BCUT2D eigenvalue weighted by Gasteiger charge is 2.34. The summed E-state index contributed by atoms with van der Waals surface area (Å²) in [6.45, 7) is 6.62. The molecule has 6 nitrogen and oxygen atoms in total. The van der Waals surface area contributed by atoms with E-state index < -0.39 is 17.9 Å². The molecule has 0 aliphatic heterocycles. The van der Waals surface area contributed by atoms with Crippen LogP contribution in [0.5, 0.6) is 0 Å². The molecule has 0 aliphatic rings. The van der Waals surface area contributed by atoms with Crippen LogP contribution < -0.4 is 0 Å². The second-order valence-electron chi connectivity index (χ2n) is 4.56. The fourth-order valence-electron chi connectivity index (χ4n) is 1.69. The molecule has 120 valence electrons. The van der Waals surface area contributed by atoms with Crippen LogP contribution in [0.2, 0.25) is 0 Å². The van der Waals surface area contributed by atoms with E-state index in [0.29, 0.717) is 6.42 Å². The van der Waals surface area contributed by atoms with Gasteiger partial charge in [-0.05, 0) is 12.8 Å². The van der Waals surface area contributed by atoms with Crippen LogP contribution >= 0.6 is 0 Å². The lowest BCUT2D eigenvalue weighted by Crippen LogP contribution is -2.39. The van der Waals surface area contributed by atoms with Crippen molar-refractivity contribution in [3.05, 3.63) is 25.3 Å². The number of carbonyl (C=O) groups excluding carboxylic acids is 2. The molecular weight excluding hydrogens is 276 g/mol. The average molecular weight is 300 g/mol. The Morgan fingerprint density at radius 1 is 0.905 bits per heavy atom. The molecule has 2 N–H and O–H groups in total. The molecule has 0 saturated carbocycles. The Kier molecular flexibility index (Phi) is 10.2. The molecule has 0 amide bonds. The lowest BCUT2D eigenvalue weighted by Gasteiger charge is -2.25. The predicted octanol–water partition coefficient (Wildman–Crippen LogP) is 1.81. The van der Waals surface area contributed by atoms with Crippen LogP contribution in [0.1, 0.15) is 44.9 Å². The van der Waals surface area contributed by atoms with Crippen LogP contribution in [0.3, 0.4) is 0 Å². The monoisotopic (exact) mass is 300 g/mol. The summed E-state index contributed by atoms with van der Waals surface area (Å²) in [5, 5.41) is 18.7. The van der Waals surface area contributed by atoms with Gasteiger partial charge in [0.15, 0.2) is 0 Å². The van der Waals surface area contributed by atoms with Crippen molar-refractivity contribution < 1.29 is 29.3 Å². The van der Waals surface area contributed by atoms with Gasteiger partial charge in [0.25, 0.3) is 0 Å². The zero-order chi connectivity index (χ0) is 16.1. The molecule has 0 bridgehead atoms. The summed E-state index contributed by atoms with van der Waals surface area (Å²) in [7, 11) is 0. The number of hydrogen-bond acceptors (Lipinski definition) is 6. The number of ether oxygens (including phenoxy) is 2. The van der Waals surface area contributed by atoms with Crippen LogP contribution in [-0.4, -0.2) is 34.7 Å². The van der Waals surface area contributed by atoms with E-state index in [1.54, 1.807) is 0 Å². The Balaban J connectivity index is 4.21. The second kappa shape index (κ2) is 11.0. The normalized spacial score (nSPS) is 10.8. The zero-order valence-electron chi connectivity index (χ0n) is 12.3. The molecule has 21 heavy (non-hydrogen) atoms. The van der Waals surface area contributed by atoms with Crippen molar-refractivity contribution in [3.63, 3.8) is 0 Å². The summed E-state index contributed by atoms with van der Waals surface area (Å²) < 4.78 is 9.36. The molecule has 6 heteroatoms. The van der Waals surface area contributed by atoms with Gasteiger partial charge in [-0.2, -0.15) is 0 Å². The highest BCUT2D eigenvalue weighted by Crippen LogP contribution is 2.20. The van der Waals surface area contributed by atoms with Gasteiger partial charge in [0.1, 0.15) is 0 Å². The Hall–Kier alpha value is -1.66. The van der Waals surface area contributed by atoms with Gasteiger partial charge in [-0.1, -0.05) is 38.8 Å². The standard InChI is InChI=1S/C15H24O6/c1-3-13(17)20-15(19,21-14(18)4-2)11-9-7-5-6-8-10-12-16/h3-4,16,19H,1-2,5-12H2. The molecule has 0 aromatic carbocycles. The quantitative estimate of drug-likeness (QED) is 0.247. The maximum absolute atomic E-state index is 11.2. The third kappa shape index (κ3) is 9.81. The molecule has 0 rings (SSSR count). The molecule has 0 atom stereocenters. The van der Waals surface area contributed by atoms with E-state index in [4.69, 9.17) is 5.11 Å². The van der Waals surface area contributed by atoms with Crippen molar-refractivity contribution in [2.24, 2.45) is 0 Å². The molecule has 0 spiro atoms. The summed E-state index contributed by atoms with van der Waals surface area (Å²) in [5.74, 6) is -4.05. The van der Waals surface area contributed by atoms with Crippen molar-refractivity contribution in [1.82, 2.24) is 0 Å². The predicted molar refractivity (Wildman–Crippen MR) is 76.9 cm³/mol. The van der Waals surface area contributed by atoms with Gasteiger partial charge in [0.2, 0.25) is 0 Å². The van der Waals surface area contributed by atoms with Crippen LogP contribution in [0.25, 0.3) is 0 Å². The van der Waals surface area contributed by atoms with E-state index in [1.807, 2.05) is 0 Å². The molecule has 0 aromatic heterocycles. The first kappa shape index (κ1) is 19.3. The van der Waals surface area contributed by atoms with E-state index in [9.17, 15) is 14.7 Å². The lowest BCUT2D eigenvalue weighted by atomic mass is 10.1. The van der Waals surface area contributed by atoms with Gasteiger partial charge in [0, 0.05) is 18.8 Å². The number of carbonyl (C=O) groups is 2. The zero-order valence-corrected chi connectivity index (χ0v) is 12.3. The first-order valence-electron chi connectivity index (χ1n) is 7.01. The largest absolute Gasteiger partial charge is 0.396 e. The van der Waals surface area contributed by atoms with Gasteiger partial charge >= 0.3 is 17.9 Å². The molecule has 0 saturated heterocycles. The molecular formula is C15H24O6. The maximum Gasteiger partial charge on any atom is 0.373 e. The minimum atomic E-state index is -2.29. The smallest absolute Gasteiger partial charge is 0.373 e. The molecule has 0 aliphatic carbocycles. The van der Waals surface area contributed by atoms with Gasteiger partial charge in [-0.15, -0.1) is 0 Å². The highest BCUT2D eigenvalue weighted by atomic mass is 16.8. The van der Waals surface area contributed by atoms with Crippen molar-refractivity contribution in [2.45, 2.75) is 50.9 Å². The van der Waals surface area contributed by atoms with Gasteiger partial charge in [-0.3, -0.25) is 0 Å². The summed E-state index contributed by atoms with van der Waals surface area (Å²) in [6, 6.07) is 0. The number of esters is 2. The Morgan fingerprint density at radius 2 is 1.33 bits per heavy atom. The van der Waals surface area contributed by atoms with Crippen molar-refractivity contribution in [1.29, 1.82) is 0 Å². The Labute approximate surface area is 125 Å². The number of rotatable bonds is 12. The fourth-order valence-corrected chi connectivity index (χ4v) is 1.69. The summed E-state index contributed by atoms with van der Waals surface area (Å²) in [5.41, 5.74) is 0. The van der Waals surface area contributed by atoms with Gasteiger partial charge in [0.05, 0.1) is 6.42 Å². The fraction of sp³-hybridized carbons (Fsp3) is 0.600. The lowest BCUT2D eigenvalue weighted by molar-refractivity contribution is -0.324. The number of aliphatic hydroxyl groups is 2. The Bertz CT molecular complexity index is 328. The SMILES string of the molecule is C=CC(=O)OC(O)(CCCCCCCCO)OC(=O)C=C. The van der Waals surface area contributed by atoms with Crippen molar-refractivity contribution in [3.8, 4) is 0 Å². The van der Waals surface area contributed by atoms with Crippen LogP contribution in [0.4, 0.5) is 0 Å². The summed E-state index contributed by atoms with van der Waals surface area (Å²) >= 11 is 0. The van der Waals surface area contributed by atoms with Crippen molar-refractivity contribution >= 4 is 11.9 Å². The molecule has 0 unspecified atom stereocenters. The number of aliphatic hydroxyl groups excluding tert-OH is 1. The maximum atomic E-state index is 11.2. The Morgan fingerprint density at radius 3 is 1.76 bits per heavy atom. The highest BCUT2D eigenvalue weighted by molar-refractivity contribution is 5.83. The third-order valence-corrected chi connectivity index (χ3v) is 2.75. The molecule has 0 aromatic rings. The minimum absolute atomic E-state index is 0.0217. The van der Waals surface area contributed by atoms with E-state index in [-0.39, 0.29) is 13.0 Å². The first-order valence-corrected chi connectivity index (χ1v) is 7.01. The molecule has 0 fully saturated rings. The van der Waals surface area contributed by atoms with Crippen LogP contribution in [-0.2, 0) is 19.1 Å².